The van der Waals surface area contributed by atoms with Gasteiger partial charge in [0.1, 0.15) is 19.1 Å². The third-order valence-electron chi connectivity index (χ3n) is 3.38. The zero-order chi connectivity index (χ0) is 16.5. The molecule has 0 aliphatic rings. The van der Waals surface area contributed by atoms with Crippen molar-refractivity contribution in [1.29, 1.82) is 0 Å². The van der Waals surface area contributed by atoms with Crippen LogP contribution in [-0.2, 0) is 10.3 Å². The van der Waals surface area contributed by atoms with Crippen molar-refractivity contribution in [3.8, 4) is 5.75 Å². The summed E-state index contributed by atoms with van der Waals surface area (Å²) in [4.78, 5) is 11.1. The van der Waals surface area contributed by atoms with Crippen LogP contribution in [0, 0.1) is 0 Å². The van der Waals surface area contributed by atoms with Gasteiger partial charge in [0.05, 0.1) is 7.11 Å². The fourth-order valence-electron chi connectivity index (χ4n) is 2.24. The first-order valence-electron chi connectivity index (χ1n) is 6.51. The Morgan fingerprint density at radius 2 is 1.91 bits per heavy atom. The maximum atomic E-state index is 11.1. The number of fused-ring (bicyclic) bond motifs is 1. The molecule has 1 amide bonds. The van der Waals surface area contributed by atoms with Gasteiger partial charge in [-0.05, 0) is 28.5 Å². The Morgan fingerprint density at radius 3 is 2.50 bits per heavy atom. The fourth-order valence-corrected chi connectivity index (χ4v) is 2.24. The number of hydrogen-bond acceptors (Lipinski definition) is 5. The van der Waals surface area contributed by atoms with Crippen molar-refractivity contribution in [2.75, 3.05) is 7.11 Å². The number of nitrogens with one attached hydrogen (secondary N) is 1. The molecule has 0 spiro atoms. The molecular weight excluding hydrogens is 285 g/mol. The number of carbonyl (C=O) groups excluding carboxylic acids is 1. The van der Waals surface area contributed by atoms with Crippen LogP contribution in [0.3, 0.4) is 0 Å². The van der Waals surface area contributed by atoms with E-state index in [4.69, 9.17) is 12.6 Å². The van der Waals surface area contributed by atoms with Crippen LogP contribution in [0.2, 0.25) is 0 Å². The Bertz CT molecular complexity index is 714. The summed E-state index contributed by atoms with van der Waals surface area (Å²) < 4.78 is 5.12. The molecule has 0 heterocycles. The van der Waals surface area contributed by atoms with Gasteiger partial charge in [-0.3, -0.25) is 4.79 Å². The summed E-state index contributed by atoms with van der Waals surface area (Å²) >= 11 is 0. The van der Waals surface area contributed by atoms with Gasteiger partial charge in [0, 0.05) is 6.92 Å². The highest BCUT2D eigenvalue weighted by Crippen LogP contribution is 2.34. The smallest absolute Gasteiger partial charge is 0.271 e. The summed E-state index contributed by atoms with van der Waals surface area (Å²) in [6.07, 6.45) is 0. The van der Waals surface area contributed by atoms with E-state index < -0.39 is 17.3 Å². The van der Waals surface area contributed by atoms with E-state index in [9.17, 15) is 20.1 Å². The van der Waals surface area contributed by atoms with Crippen LogP contribution < -0.4 is 10.1 Å². The number of hydrogen-bond donors (Lipinski definition) is 4. The summed E-state index contributed by atoms with van der Waals surface area (Å²) in [6, 6.07) is 9.87. The Hall–Kier alpha value is -2.09. The van der Waals surface area contributed by atoms with Gasteiger partial charge in [-0.1, -0.05) is 24.3 Å². The molecule has 0 aliphatic heterocycles. The van der Waals surface area contributed by atoms with Crippen molar-refractivity contribution in [1.82, 2.24) is 5.32 Å². The molecule has 4 N–H and O–H groups in total. The van der Waals surface area contributed by atoms with E-state index >= 15 is 0 Å². The first kappa shape index (κ1) is 16.3. The third kappa shape index (κ3) is 2.78. The van der Waals surface area contributed by atoms with Crippen molar-refractivity contribution >= 4 is 24.5 Å². The normalized spacial score (nSPS) is 14.4. The van der Waals surface area contributed by atoms with Crippen LogP contribution in [0.4, 0.5) is 0 Å². The van der Waals surface area contributed by atoms with Crippen LogP contribution in [0.5, 0.6) is 5.75 Å². The molecule has 2 aromatic carbocycles. The SMILES string of the molecule is [B]C(O)(c1cccc2ccc(OC)cc12)C(O)(O)NC(C)=O. The molecular formula is C15H16BNO5. The van der Waals surface area contributed by atoms with Crippen molar-refractivity contribution in [2.24, 2.45) is 0 Å². The number of aliphatic hydroxyl groups is 3. The molecule has 7 heteroatoms. The maximum absolute atomic E-state index is 11.1. The molecule has 2 radical (unpaired) electrons. The predicted octanol–water partition coefficient (Wildman–Crippen LogP) is -0.0635. The van der Waals surface area contributed by atoms with Crippen LogP contribution in [0.1, 0.15) is 12.5 Å². The van der Waals surface area contributed by atoms with Gasteiger partial charge in [-0.25, -0.2) is 0 Å². The molecule has 2 aromatic rings. The topological polar surface area (TPSA) is 99.0 Å². The zero-order valence-electron chi connectivity index (χ0n) is 12.2. The largest absolute Gasteiger partial charge is 0.497 e. The van der Waals surface area contributed by atoms with Crippen LogP contribution in [-0.4, -0.2) is 42.1 Å². The molecule has 0 aliphatic carbocycles. The Kier molecular flexibility index (Phi) is 4.15. The van der Waals surface area contributed by atoms with Gasteiger partial charge in [0.15, 0.2) is 0 Å². The van der Waals surface area contributed by atoms with Crippen molar-refractivity contribution in [2.45, 2.75) is 18.3 Å². The van der Waals surface area contributed by atoms with Gasteiger partial charge in [-0.15, -0.1) is 0 Å². The summed E-state index contributed by atoms with van der Waals surface area (Å²) in [5.74, 6) is -3.29. The molecule has 22 heavy (non-hydrogen) atoms. The quantitative estimate of drug-likeness (QED) is 0.468. The highest BCUT2D eigenvalue weighted by molar-refractivity contribution is 6.17. The van der Waals surface area contributed by atoms with E-state index in [1.165, 1.54) is 13.2 Å². The lowest BCUT2D eigenvalue weighted by atomic mass is 9.71. The maximum Gasteiger partial charge on any atom is 0.271 e. The lowest BCUT2D eigenvalue weighted by Crippen LogP contribution is -2.63. The number of amides is 1. The highest BCUT2D eigenvalue weighted by Gasteiger charge is 2.46. The molecule has 0 bridgehead atoms. The number of rotatable bonds is 4. The van der Waals surface area contributed by atoms with Crippen molar-refractivity contribution < 1.29 is 24.9 Å². The molecule has 1 unspecified atom stereocenters. The van der Waals surface area contributed by atoms with Crippen LogP contribution in [0.25, 0.3) is 10.8 Å². The first-order valence-corrected chi connectivity index (χ1v) is 6.51. The molecule has 2 rings (SSSR count). The number of ether oxygens (including phenoxy) is 1. The van der Waals surface area contributed by atoms with E-state index in [2.05, 4.69) is 0 Å². The van der Waals surface area contributed by atoms with Gasteiger partial charge in [0.25, 0.3) is 5.91 Å². The molecule has 114 valence electrons. The number of carbonyl (C=O) groups is 1. The number of methoxy groups -OCH3 is 1. The summed E-state index contributed by atoms with van der Waals surface area (Å²) in [5, 5.41) is 33.4. The molecule has 0 fully saturated rings. The monoisotopic (exact) mass is 301 g/mol. The first-order chi connectivity index (χ1) is 10.2. The Labute approximate surface area is 128 Å². The summed E-state index contributed by atoms with van der Waals surface area (Å²) in [7, 11) is 7.21. The van der Waals surface area contributed by atoms with Gasteiger partial charge in [0.2, 0.25) is 5.91 Å². The average Bonchev–Trinajstić information content (AvgIpc) is 2.44. The van der Waals surface area contributed by atoms with Crippen LogP contribution in [0.15, 0.2) is 36.4 Å². The predicted molar refractivity (Wildman–Crippen MR) is 81.1 cm³/mol. The third-order valence-corrected chi connectivity index (χ3v) is 3.38. The molecule has 0 saturated carbocycles. The highest BCUT2D eigenvalue weighted by atomic mass is 16.5. The van der Waals surface area contributed by atoms with Gasteiger partial charge in [-0.2, -0.15) is 0 Å². The van der Waals surface area contributed by atoms with Crippen molar-refractivity contribution in [3.05, 3.63) is 42.0 Å². The minimum absolute atomic E-state index is 0.0302. The Balaban J connectivity index is 2.64. The summed E-state index contributed by atoms with van der Waals surface area (Å²) in [5.41, 5.74) is -2.60. The molecule has 1 atom stereocenters. The molecule has 0 aromatic heterocycles. The second-order valence-electron chi connectivity index (χ2n) is 5.01. The number of benzene rings is 2. The van der Waals surface area contributed by atoms with E-state index in [0.717, 1.165) is 6.92 Å². The van der Waals surface area contributed by atoms with Gasteiger partial charge < -0.3 is 25.4 Å². The lowest BCUT2D eigenvalue weighted by molar-refractivity contribution is -0.263. The van der Waals surface area contributed by atoms with E-state index in [1.54, 1.807) is 30.3 Å². The second-order valence-corrected chi connectivity index (χ2v) is 5.01. The van der Waals surface area contributed by atoms with E-state index in [-0.39, 0.29) is 5.56 Å². The average molecular weight is 301 g/mol. The van der Waals surface area contributed by atoms with Gasteiger partial charge >= 0.3 is 0 Å². The zero-order valence-corrected chi connectivity index (χ0v) is 12.2. The second kappa shape index (κ2) is 5.60. The minimum Gasteiger partial charge on any atom is -0.497 e. The van der Waals surface area contributed by atoms with Crippen LogP contribution >= 0.6 is 0 Å². The molecule has 6 nitrogen and oxygen atoms in total. The standard InChI is InChI=1S/C15H16BNO5/c1-9(18)17-15(20,21)14(16,19)13-5-3-4-10-6-7-11(22-2)8-12(10)13/h3-8,19-21H,1-2H3,(H,17,18). The Morgan fingerprint density at radius 1 is 1.23 bits per heavy atom. The molecule has 0 saturated heterocycles. The van der Waals surface area contributed by atoms with E-state index in [0.29, 0.717) is 16.5 Å². The summed E-state index contributed by atoms with van der Waals surface area (Å²) in [6.45, 7) is 1.07. The minimum atomic E-state index is -3.05. The lowest BCUT2D eigenvalue weighted by Gasteiger charge is -2.38. The van der Waals surface area contributed by atoms with Crippen molar-refractivity contribution in [3.63, 3.8) is 0 Å². The van der Waals surface area contributed by atoms with E-state index in [1.807, 2.05) is 5.32 Å². The fraction of sp³-hybridized carbons (Fsp3) is 0.267.